The fourth-order valence-electron chi connectivity index (χ4n) is 1.83. The molecule has 0 aliphatic heterocycles. The Labute approximate surface area is 72.8 Å². The molecule has 3 heteroatoms. The maximum atomic E-state index is 10.9. The molecule has 0 bridgehead atoms. The number of primary amides is 1. The lowest BCUT2D eigenvalue weighted by Gasteiger charge is -2.22. The van der Waals surface area contributed by atoms with Gasteiger partial charge in [-0.1, -0.05) is 19.3 Å². The van der Waals surface area contributed by atoms with E-state index in [9.17, 15) is 4.79 Å². The van der Waals surface area contributed by atoms with Crippen LogP contribution in [0.15, 0.2) is 11.8 Å². The molecule has 0 heterocycles. The van der Waals surface area contributed by atoms with Gasteiger partial charge in [-0.3, -0.25) is 4.79 Å². The topological polar surface area (TPSA) is 69.1 Å². The van der Waals surface area contributed by atoms with E-state index in [1.807, 2.05) is 0 Å². The maximum Gasteiger partial charge on any atom is 0.246 e. The lowest BCUT2D eigenvalue weighted by molar-refractivity contribution is -0.115. The third-order valence-corrected chi connectivity index (χ3v) is 2.51. The fraction of sp³-hybridized carbons (Fsp3) is 0.667. The van der Waals surface area contributed by atoms with Gasteiger partial charge in [-0.05, 0) is 18.8 Å². The number of hydrogen-bond acceptors (Lipinski definition) is 2. The molecule has 0 spiro atoms. The highest BCUT2D eigenvalue weighted by Gasteiger charge is 2.20. The van der Waals surface area contributed by atoms with Gasteiger partial charge in [0.05, 0.1) is 0 Å². The molecule has 0 saturated heterocycles. The second-order valence-corrected chi connectivity index (χ2v) is 3.32. The molecule has 1 saturated carbocycles. The second kappa shape index (κ2) is 4.14. The first-order chi connectivity index (χ1) is 5.75. The van der Waals surface area contributed by atoms with Crippen LogP contribution in [0.1, 0.15) is 32.1 Å². The van der Waals surface area contributed by atoms with Gasteiger partial charge in [0.25, 0.3) is 0 Å². The summed E-state index contributed by atoms with van der Waals surface area (Å²) in [7, 11) is 0. The minimum atomic E-state index is -0.357. The Morgan fingerprint density at radius 3 is 2.25 bits per heavy atom. The molecule has 12 heavy (non-hydrogen) atoms. The van der Waals surface area contributed by atoms with Gasteiger partial charge in [0.15, 0.2) is 0 Å². The molecule has 1 aliphatic rings. The van der Waals surface area contributed by atoms with E-state index in [1.165, 1.54) is 25.5 Å². The third-order valence-electron chi connectivity index (χ3n) is 2.51. The van der Waals surface area contributed by atoms with Crippen molar-refractivity contribution in [3.05, 3.63) is 11.8 Å². The molecule has 3 nitrogen and oxygen atoms in total. The maximum absolute atomic E-state index is 10.9. The zero-order chi connectivity index (χ0) is 8.97. The van der Waals surface area contributed by atoms with Crippen molar-refractivity contribution in [2.45, 2.75) is 32.1 Å². The van der Waals surface area contributed by atoms with E-state index >= 15 is 0 Å². The molecule has 0 aromatic carbocycles. The Balaban J connectivity index is 2.59. The number of carbonyl (C=O) groups excluding carboxylic acids is 1. The highest BCUT2D eigenvalue weighted by atomic mass is 16.1. The summed E-state index contributed by atoms with van der Waals surface area (Å²) in [5, 5.41) is 0. The highest BCUT2D eigenvalue weighted by Crippen LogP contribution is 2.28. The summed E-state index contributed by atoms with van der Waals surface area (Å²) in [5.74, 6) is -0.0364. The van der Waals surface area contributed by atoms with Crippen LogP contribution < -0.4 is 11.5 Å². The van der Waals surface area contributed by atoms with Crippen LogP contribution in [0.25, 0.3) is 0 Å². The van der Waals surface area contributed by atoms with Gasteiger partial charge in [-0.15, -0.1) is 0 Å². The van der Waals surface area contributed by atoms with Crippen molar-refractivity contribution >= 4 is 5.91 Å². The molecule has 1 fully saturated rings. The Kier molecular flexibility index (Phi) is 3.14. The lowest BCUT2D eigenvalue weighted by Crippen LogP contribution is -2.23. The van der Waals surface area contributed by atoms with Crippen LogP contribution in [-0.2, 0) is 4.79 Å². The van der Waals surface area contributed by atoms with E-state index in [1.54, 1.807) is 0 Å². The molecule has 1 rings (SSSR count). The third kappa shape index (κ3) is 2.00. The van der Waals surface area contributed by atoms with Gasteiger partial charge >= 0.3 is 0 Å². The van der Waals surface area contributed by atoms with E-state index in [4.69, 9.17) is 11.5 Å². The molecular weight excluding hydrogens is 152 g/mol. The number of carbonyl (C=O) groups is 1. The lowest BCUT2D eigenvalue weighted by atomic mass is 9.84. The zero-order valence-electron chi connectivity index (χ0n) is 7.25. The fourth-order valence-corrected chi connectivity index (χ4v) is 1.83. The van der Waals surface area contributed by atoms with Crippen molar-refractivity contribution in [3.8, 4) is 0 Å². The predicted octanol–water partition coefficient (Wildman–Crippen LogP) is 0.895. The summed E-state index contributed by atoms with van der Waals surface area (Å²) in [5.41, 5.74) is 11.2. The summed E-state index contributed by atoms with van der Waals surface area (Å²) in [6.07, 6.45) is 7.15. The minimum Gasteiger partial charge on any atom is -0.404 e. The van der Waals surface area contributed by atoms with E-state index in [0.29, 0.717) is 11.5 Å². The second-order valence-electron chi connectivity index (χ2n) is 3.32. The number of hydrogen-bond donors (Lipinski definition) is 2. The molecular formula is C9H16N2O. The van der Waals surface area contributed by atoms with E-state index in [2.05, 4.69) is 0 Å². The zero-order valence-corrected chi connectivity index (χ0v) is 7.25. The van der Waals surface area contributed by atoms with Crippen molar-refractivity contribution in [1.82, 2.24) is 0 Å². The molecule has 0 radical (unpaired) electrons. The van der Waals surface area contributed by atoms with Crippen molar-refractivity contribution in [2.24, 2.45) is 17.4 Å². The van der Waals surface area contributed by atoms with Gasteiger partial charge in [0.2, 0.25) is 5.91 Å². The van der Waals surface area contributed by atoms with Crippen molar-refractivity contribution < 1.29 is 4.79 Å². The number of rotatable bonds is 2. The first-order valence-electron chi connectivity index (χ1n) is 4.47. The summed E-state index contributed by atoms with van der Waals surface area (Å²) in [6.45, 7) is 0. The summed E-state index contributed by atoms with van der Waals surface area (Å²) in [4.78, 5) is 10.9. The van der Waals surface area contributed by atoms with Crippen LogP contribution in [0.3, 0.4) is 0 Å². The first-order valence-corrected chi connectivity index (χ1v) is 4.47. The molecule has 1 amide bonds. The Morgan fingerprint density at radius 1 is 1.25 bits per heavy atom. The van der Waals surface area contributed by atoms with Crippen molar-refractivity contribution in [3.63, 3.8) is 0 Å². The average Bonchev–Trinajstić information content (AvgIpc) is 2.07. The molecule has 1 aliphatic carbocycles. The Morgan fingerprint density at radius 2 is 1.83 bits per heavy atom. The largest absolute Gasteiger partial charge is 0.404 e. The summed E-state index contributed by atoms with van der Waals surface area (Å²) >= 11 is 0. The Bertz CT molecular complexity index is 193. The normalized spacial score (nSPS) is 20.8. The summed E-state index contributed by atoms with van der Waals surface area (Å²) < 4.78 is 0. The quantitative estimate of drug-likeness (QED) is 0.601. The van der Waals surface area contributed by atoms with Crippen LogP contribution in [0.4, 0.5) is 0 Å². The first kappa shape index (κ1) is 9.10. The summed E-state index contributed by atoms with van der Waals surface area (Å²) in [6, 6.07) is 0. The van der Waals surface area contributed by atoms with E-state index < -0.39 is 0 Å². The van der Waals surface area contributed by atoms with E-state index in [0.717, 1.165) is 12.8 Å². The predicted molar refractivity (Wildman–Crippen MR) is 48.0 cm³/mol. The molecule has 0 unspecified atom stereocenters. The monoisotopic (exact) mass is 168 g/mol. The number of amides is 1. The Hall–Kier alpha value is -0.990. The van der Waals surface area contributed by atoms with Gasteiger partial charge in [0.1, 0.15) is 0 Å². The highest BCUT2D eigenvalue weighted by molar-refractivity contribution is 5.92. The van der Waals surface area contributed by atoms with Gasteiger partial charge in [-0.25, -0.2) is 0 Å². The van der Waals surface area contributed by atoms with Gasteiger partial charge < -0.3 is 11.5 Å². The van der Waals surface area contributed by atoms with Crippen LogP contribution in [0, 0.1) is 5.92 Å². The van der Waals surface area contributed by atoms with Crippen molar-refractivity contribution in [2.75, 3.05) is 0 Å². The minimum absolute atomic E-state index is 0.321. The molecule has 0 aromatic heterocycles. The number of nitrogens with two attached hydrogens (primary N) is 2. The van der Waals surface area contributed by atoms with Crippen molar-refractivity contribution in [1.29, 1.82) is 0 Å². The molecule has 0 aromatic rings. The SMILES string of the molecule is NC=C(C(N)=O)C1CCCCC1. The molecule has 68 valence electrons. The van der Waals surface area contributed by atoms with Gasteiger partial charge in [0, 0.05) is 11.8 Å². The van der Waals surface area contributed by atoms with Gasteiger partial charge in [-0.2, -0.15) is 0 Å². The smallest absolute Gasteiger partial charge is 0.246 e. The van der Waals surface area contributed by atoms with E-state index in [-0.39, 0.29) is 5.91 Å². The molecule has 0 atom stereocenters. The van der Waals surface area contributed by atoms with Crippen LogP contribution in [0.2, 0.25) is 0 Å². The average molecular weight is 168 g/mol. The molecule has 4 N–H and O–H groups in total. The van der Waals surface area contributed by atoms with Crippen LogP contribution in [0.5, 0.6) is 0 Å². The standard InChI is InChI=1S/C9H16N2O/c10-6-8(9(11)12)7-4-2-1-3-5-7/h6-7H,1-5,10H2,(H2,11,12). The van der Waals surface area contributed by atoms with Crippen LogP contribution in [-0.4, -0.2) is 5.91 Å². The van der Waals surface area contributed by atoms with Crippen LogP contribution >= 0.6 is 0 Å².